The second kappa shape index (κ2) is 6.49. The third kappa shape index (κ3) is 3.10. The van der Waals surface area contributed by atoms with Crippen LogP contribution in [0.1, 0.15) is 18.1 Å². The van der Waals surface area contributed by atoms with Crippen LogP contribution in [0.2, 0.25) is 0 Å². The van der Waals surface area contributed by atoms with Crippen LogP contribution >= 0.6 is 0 Å². The summed E-state index contributed by atoms with van der Waals surface area (Å²) in [7, 11) is 0. The summed E-state index contributed by atoms with van der Waals surface area (Å²) in [5.41, 5.74) is 8.14. The standard InChI is InChI=1S/C17H16N4O3/c1-2-24-17(23)20-13-9-11-8-12(22)14(10-6-4-3-5-7-10)21-15(11)16(18)19-13/h3-7,9H,2,8H2,1H3,(H3,18,19,20,23). The highest BCUT2D eigenvalue weighted by atomic mass is 16.5. The van der Waals surface area contributed by atoms with Gasteiger partial charge in [-0.3, -0.25) is 10.1 Å². The van der Waals surface area contributed by atoms with Crippen molar-refractivity contribution in [2.45, 2.75) is 13.3 Å². The van der Waals surface area contributed by atoms with Crippen LogP contribution in [0.5, 0.6) is 0 Å². The van der Waals surface area contributed by atoms with Crippen molar-refractivity contribution in [3.05, 3.63) is 47.5 Å². The van der Waals surface area contributed by atoms with Gasteiger partial charge in [-0.05, 0) is 18.6 Å². The zero-order valence-electron chi connectivity index (χ0n) is 13.1. The number of benzene rings is 1. The molecule has 0 spiro atoms. The van der Waals surface area contributed by atoms with Crippen LogP contribution in [0.25, 0.3) is 0 Å². The molecule has 24 heavy (non-hydrogen) atoms. The lowest BCUT2D eigenvalue weighted by molar-refractivity contribution is -0.112. The Balaban J connectivity index is 1.97. The van der Waals surface area contributed by atoms with E-state index < -0.39 is 6.09 Å². The van der Waals surface area contributed by atoms with Gasteiger partial charge in [0.05, 0.1) is 6.61 Å². The van der Waals surface area contributed by atoms with Gasteiger partial charge < -0.3 is 10.5 Å². The van der Waals surface area contributed by atoms with Crippen molar-refractivity contribution in [1.82, 2.24) is 4.98 Å². The first-order valence-electron chi connectivity index (χ1n) is 7.49. The summed E-state index contributed by atoms with van der Waals surface area (Å²) in [6.07, 6.45) is -0.479. The molecule has 2 heterocycles. The number of Topliss-reactive ketones (excluding diaryl/α,β-unsaturated/α-hetero) is 1. The molecule has 0 bridgehead atoms. The summed E-state index contributed by atoms with van der Waals surface area (Å²) in [6, 6.07) is 10.8. The van der Waals surface area contributed by atoms with Gasteiger partial charge in [-0.25, -0.2) is 14.8 Å². The Bertz CT molecular complexity index is 831. The van der Waals surface area contributed by atoms with Crippen LogP contribution in [-0.2, 0) is 16.0 Å². The summed E-state index contributed by atoms with van der Waals surface area (Å²) in [6.45, 7) is 1.95. The molecule has 0 atom stereocenters. The van der Waals surface area contributed by atoms with E-state index in [1.165, 1.54) is 0 Å². The molecule has 7 nitrogen and oxygen atoms in total. The molecule has 1 aromatic carbocycles. The smallest absolute Gasteiger partial charge is 0.412 e. The van der Waals surface area contributed by atoms with E-state index in [2.05, 4.69) is 15.3 Å². The van der Waals surface area contributed by atoms with Crippen molar-refractivity contribution < 1.29 is 14.3 Å². The number of nitrogens with zero attached hydrogens (tertiary/aromatic N) is 2. The summed E-state index contributed by atoms with van der Waals surface area (Å²) in [5, 5.41) is 2.48. The lowest BCUT2D eigenvalue weighted by Gasteiger charge is -2.17. The van der Waals surface area contributed by atoms with Crippen LogP contribution in [-0.4, -0.2) is 29.2 Å². The number of nitrogens with one attached hydrogen (secondary N) is 1. The number of anilines is 2. The van der Waals surface area contributed by atoms with E-state index >= 15 is 0 Å². The van der Waals surface area contributed by atoms with Gasteiger partial charge >= 0.3 is 6.09 Å². The Hall–Kier alpha value is -3.22. The Morgan fingerprint density at radius 1 is 1.33 bits per heavy atom. The first-order chi connectivity index (χ1) is 11.6. The van der Waals surface area contributed by atoms with Crippen molar-refractivity contribution in [3.8, 4) is 0 Å². The predicted octanol–water partition coefficient (Wildman–Crippen LogP) is 2.48. The van der Waals surface area contributed by atoms with Gasteiger partial charge in [0.2, 0.25) is 0 Å². The maximum Gasteiger partial charge on any atom is 0.412 e. The quantitative estimate of drug-likeness (QED) is 0.902. The molecular weight excluding hydrogens is 308 g/mol. The number of ketones is 1. The maximum absolute atomic E-state index is 12.4. The number of aromatic nitrogens is 1. The number of amides is 1. The van der Waals surface area contributed by atoms with Gasteiger partial charge in [-0.2, -0.15) is 0 Å². The molecule has 0 fully saturated rings. The number of pyridine rings is 1. The van der Waals surface area contributed by atoms with Gasteiger partial charge in [0, 0.05) is 12.0 Å². The van der Waals surface area contributed by atoms with Gasteiger partial charge in [0.15, 0.2) is 11.6 Å². The molecule has 1 aliphatic heterocycles. The van der Waals surface area contributed by atoms with Crippen LogP contribution < -0.4 is 11.1 Å². The molecule has 0 radical (unpaired) electrons. The number of nitrogens with two attached hydrogens (primary N) is 1. The SMILES string of the molecule is CCOC(=O)Nc1cc2c(c(N)n1)N=C(c1ccccc1)C(=O)C2. The summed E-state index contributed by atoms with van der Waals surface area (Å²) >= 11 is 0. The van der Waals surface area contributed by atoms with E-state index in [0.29, 0.717) is 17.0 Å². The normalized spacial score (nSPS) is 13.0. The molecule has 0 saturated carbocycles. The minimum Gasteiger partial charge on any atom is -0.450 e. The van der Waals surface area contributed by atoms with Crippen molar-refractivity contribution in [2.75, 3.05) is 17.7 Å². The number of carbonyl (C=O) groups is 2. The minimum atomic E-state index is -0.625. The van der Waals surface area contributed by atoms with Gasteiger partial charge in [0.25, 0.3) is 0 Å². The van der Waals surface area contributed by atoms with Gasteiger partial charge in [-0.1, -0.05) is 30.3 Å². The molecule has 7 heteroatoms. The zero-order valence-corrected chi connectivity index (χ0v) is 13.1. The number of fused-ring (bicyclic) bond motifs is 1. The average molecular weight is 324 g/mol. The largest absolute Gasteiger partial charge is 0.450 e. The van der Waals surface area contributed by atoms with Crippen molar-refractivity contribution in [2.24, 2.45) is 4.99 Å². The summed E-state index contributed by atoms with van der Waals surface area (Å²) < 4.78 is 4.80. The number of hydrogen-bond acceptors (Lipinski definition) is 6. The van der Waals surface area contributed by atoms with Gasteiger partial charge in [0.1, 0.15) is 17.2 Å². The lowest BCUT2D eigenvalue weighted by Crippen LogP contribution is -2.22. The number of aliphatic imine (C=N–C) groups is 1. The zero-order chi connectivity index (χ0) is 17.1. The van der Waals surface area contributed by atoms with Crippen LogP contribution in [0.3, 0.4) is 0 Å². The Morgan fingerprint density at radius 2 is 2.08 bits per heavy atom. The molecule has 0 saturated heterocycles. The second-order valence-electron chi connectivity index (χ2n) is 5.17. The van der Waals surface area contributed by atoms with E-state index in [9.17, 15) is 9.59 Å². The molecule has 1 aromatic heterocycles. The molecular formula is C17H16N4O3. The van der Waals surface area contributed by atoms with Crippen LogP contribution in [0, 0.1) is 0 Å². The molecule has 3 rings (SSSR count). The van der Waals surface area contributed by atoms with E-state index in [1.54, 1.807) is 13.0 Å². The van der Waals surface area contributed by atoms with E-state index in [4.69, 9.17) is 10.5 Å². The summed E-state index contributed by atoms with van der Waals surface area (Å²) in [5.74, 6) is 0.275. The van der Waals surface area contributed by atoms with Crippen LogP contribution in [0.15, 0.2) is 41.4 Å². The second-order valence-corrected chi connectivity index (χ2v) is 5.17. The van der Waals surface area contributed by atoms with Crippen molar-refractivity contribution in [1.29, 1.82) is 0 Å². The average Bonchev–Trinajstić information content (AvgIpc) is 2.55. The first kappa shape index (κ1) is 15.7. The third-order valence-electron chi connectivity index (χ3n) is 3.49. The number of rotatable bonds is 3. The van der Waals surface area contributed by atoms with Gasteiger partial charge in [-0.15, -0.1) is 0 Å². The predicted molar refractivity (Wildman–Crippen MR) is 90.6 cm³/mol. The topological polar surface area (TPSA) is 107 Å². The fourth-order valence-electron chi connectivity index (χ4n) is 2.46. The number of hydrogen-bond donors (Lipinski definition) is 2. The Kier molecular flexibility index (Phi) is 4.24. The molecule has 2 aromatic rings. The van der Waals surface area contributed by atoms with Crippen LogP contribution in [0.4, 0.5) is 22.1 Å². The highest BCUT2D eigenvalue weighted by molar-refractivity contribution is 6.48. The molecule has 0 aliphatic carbocycles. The van der Waals surface area contributed by atoms with E-state index in [1.807, 2.05) is 30.3 Å². The molecule has 0 unspecified atom stereocenters. The molecule has 1 amide bonds. The van der Waals surface area contributed by atoms with E-state index in [-0.39, 0.29) is 30.4 Å². The maximum atomic E-state index is 12.4. The number of ether oxygens (including phenoxy) is 1. The highest BCUT2D eigenvalue weighted by Crippen LogP contribution is 2.32. The molecule has 1 aliphatic rings. The summed E-state index contributed by atoms with van der Waals surface area (Å²) in [4.78, 5) is 32.4. The minimum absolute atomic E-state index is 0.110. The lowest BCUT2D eigenvalue weighted by atomic mass is 9.96. The van der Waals surface area contributed by atoms with Crippen molar-refractivity contribution in [3.63, 3.8) is 0 Å². The van der Waals surface area contributed by atoms with Crippen molar-refractivity contribution >= 4 is 34.9 Å². The fourth-order valence-corrected chi connectivity index (χ4v) is 2.46. The Morgan fingerprint density at radius 3 is 2.79 bits per heavy atom. The molecule has 3 N–H and O–H groups in total. The van der Waals surface area contributed by atoms with E-state index in [0.717, 1.165) is 5.56 Å². The monoisotopic (exact) mass is 324 g/mol. The fraction of sp³-hybridized carbons (Fsp3) is 0.176. The number of carbonyl (C=O) groups excluding carboxylic acids is 2. The Labute approximate surface area is 138 Å². The number of nitrogen functional groups attached to an aromatic ring is 1. The first-order valence-corrected chi connectivity index (χ1v) is 7.49. The molecule has 122 valence electrons. The highest BCUT2D eigenvalue weighted by Gasteiger charge is 2.24. The third-order valence-corrected chi connectivity index (χ3v) is 3.49.